The van der Waals surface area contributed by atoms with E-state index in [0.29, 0.717) is 37.6 Å². The molecule has 0 N–H and O–H groups in total. The van der Waals surface area contributed by atoms with Gasteiger partial charge in [-0.05, 0) is 61.6 Å². The molecule has 1 aromatic heterocycles. The van der Waals surface area contributed by atoms with Gasteiger partial charge in [-0.15, -0.1) is 0 Å². The molecular weight excluding hydrogens is 465 g/mol. The third-order valence-electron chi connectivity index (χ3n) is 6.43. The summed E-state index contributed by atoms with van der Waals surface area (Å²) in [5, 5.41) is 5.55. The lowest BCUT2D eigenvalue weighted by molar-refractivity contribution is -0.131. The number of carbonyl (C=O) groups excluding carboxylic acids is 1. The number of piperidine rings is 1. The molecule has 6 nitrogen and oxygen atoms in total. The minimum atomic E-state index is -0.300. The fourth-order valence-corrected chi connectivity index (χ4v) is 4.85. The Labute approximate surface area is 208 Å². The van der Waals surface area contributed by atoms with Crippen LogP contribution >= 0.6 is 11.6 Å². The number of hydrogen-bond acceptors (Lipinski definition) is 4. The molecule has 0 radical (unpaired) electrons. The standard InChI is InChI=1S/C27H25ClFN5O/c28-23-8-2-1-6-20(23)16-26(35)33-15-5-7-21(18-33)25-17-24(19-9-11-22(29)12-10-19)32-34(25)27-30-13-3-4-14-31-27/h1,6,9-13,17,21H,2-3,5,7-8,15-16,18H2. The molecule has 1 amide bonds. The molecule has 8 heteroatoms. The SMILES string of the molecule is O=C(CC1=C(Cl)CCC=C1)N1CCCC(c2cc(-c3ccc(F)cc3)nn2C2=NC#CCC=N2)C1. The van der Waals surface area contributed by atoms with E-state index in [2.05, 4.69) is 28.0 Å². The van der Waals surface area contributed by atoms with Crippen LogP contribution in [-0.4, -0.2) is 45.9 Å². The number of aromatic nitrogens is 2. The van der Waals surface area contributed by atoms with Gasteiger partial charge in [-0.25, -0.2) is 14.1 Å². The second-order valence-electron chi connectivity index (χ2n) is 8.82. The van der Waals surface area contributed by atoms with E-state index in [1.807, 2.05) is 17.0 Å². The molecule has 3 aliphatic rings. The van der Waals surface area contributed by atoms with Crippen molar-refractivity contribution in [2.24, 2.45) is 9.98 Å². The monoisotopic (exact) mass is 489 g/mol. The number of allylic oxidation sites excluding steroid dienone is 3. The van der Waals surface area contributed by atoms with Crippen molar-refractivity contribution < 1.29 is 9.18 Å². The first-order chi connectivity index (χ1) is 17.1. The van der Waals surface area contributed by atoms with Crippen LogP contribution in [0.4, 0.5) is 4.39 Å². The van der Waals surface area contributed by atoms with Crippen molar-refractivity contribution in [2.45, 2.75) is 44.4 Å². The Morgan fingerprint density at radius 3 is 2.94 bits per heavy atom. The first-order valence-electron chi connectivity index (χ1n) is 11.8. The van der Waals surface area contributed by atoms with E-state index in [0.717, 1.165) is 47.5 Å². The van der Waals surface area contributed by atoms with Gasteiger partial charge in [-0.3, -0.25) is 4.79 Å². The van der Waals surface area contributed by atoms with Gasteiger partial charge in [0.15, 0.2) is 0 Å². The summed E-state index contributed by atoms with van der Waals surface area (Å²) in [5.74, 6) is 3.14. The Hall–Kier alpha value is -3.50. The number of rotatable bonds is 4. The second kappa shape index (κ2) is 10.4. The number of amides is 1. The average molecular weight is 490 g/mol. The lowest BCUT2D eigenvalue weighted by atomic mass is 9.93. The van der Waals surface area contributed by atoms with Gasteiger partial charge in [0.2, 0.25) is 5.91 Å². The number of aliphatic imine (C=N–C) groups is 2. The molecule has 35 heavy (non-hydrogen) atoms. The van der Waals surface area contributed by atoms with Gasteiger partial charge >= 0.3 is 0 Å². The van der Waals surface area contributed by atoms with Crippen LogP contribution in [0, 0.1) is 17.8 Å². The maximum Gasteiger partial charge on any atom is 0.259 e. The zero-order valence-corrected chi connectivity index (χ0v) is 20.0. The summed E-state index contributed by atoms with van der Waals surface area (Å²) in [6.07, 6.45) is 10.1. The highest BCUT2D eigenvalue weighted by Crippen LogP contribution is 2.32. The van der Waals surface area contributed by atoms with E-state index in [4.69, 9.17) is 16.7 Å². The molecule has 5 rings (SSSR count). The second-order valence-corrected chi connectivity index (χ2v) is 9.27. The predicted molar refractivity (Wildman–Crippen MR) is 136 cm³/mol. The third kappa shape index (κ3) is 5.28. The van der Waals surface area contributed by atoms with Gasteiger partial charge in [0.1, 0.15) is 5.82 Å². The first-order valence-corrected chi connectivity index (χ1v) is 12.2. The molecule has 178 valence electrons. The summed E-state index contributed by atoms with van der Waals surface area (Å²) < 4.78 is 15.2. The number of carbonyl (C=O) groups is 1. The Bertz CT molecular complexity index is 1310. The highest BCUT2D eigenvalue weighted by molar-refractivity contribution is 6.30. The molecule has 0 spiro atoms. The Balaban J connectivity index is 1.44. The van der Waals surface area contributed by atoms with Gasteiger partial charge in [0.05, 0.1) is 17.8 Å². The maximum absolute atomic E-state index is 13.5. The predicted octanol–water partition coefficient (Wildman–Crippen LogP) is 5.27. The van der Waals surface area contributed by atoms with Crippen LogP contribution in [0.1, 0.15) is 50.1 Å². The number of likely N-dealkylation sites (tertiary alicyclic amines) is 1. The van der Waals surface area contributed by atoms with E-state index >= 15 is 0 Å². The van der Waals surface area contributed by atoms with Crippen molar-refractivity contribution in [3.8, 4) is 23.2 Å². The van der Waals surface area contributed by atoms with Crippen molar-refractivity contribution in [2.75, 3.05) is 13.1 Å². The lowest BCUT2D eigenvalue weighted by Crippen LogP contribution is -2.40. The zero-order valence-electron chi connectivity index (χ0n) is 19.3. The van der Waals surface area contributed by atoms with E-state index in [9.17, 15) is 9.18 Å². The maximum atomic E-state index is 13.5. The van der Waals surface area contributed by atoms with Crippen molar-refractivity contribution in [3.63, 3.8) is 0 Å². The van der Waals surface area contributed by atoms with Gasteiger partial charge in [0, 0.05) is 48.3 Å². The lowest BCUT2D eigenvalue weighted by Gasteiger charge is -2.33. The van der Waals surface area contributed by atoms with Crippen LogP contribution in [0.15, 0.2) is 63.1 Å². The number of halogens is 2. The fraction of sp³-hybridized carbons (Fsp3) is 0.333. The fourth-order valence-electron chi connectivity index (χ4n) is 4.61. The molecule has 1 aliphatic carbocycles. The summed E-state index contributed by atoms with van der Waals surface area (Å²) in [4.78, 5) is 23.8. The average Bonchev–Trinajstić information content (AvgIpc) is 3.14. The van der Waals surface area contributed by atoms with E-state index < -0.39 is 0 Å². The first kappa shape index (κ1) is 23.3. The van der Waals surface area contributed by atoms with Gasteiger partial charge in [0.25, 0.3) is 5.96 Å². The molecule has 1 atom stereocenters. The number of benzene rings is 1. The molecule has 0 saturated carbocycles. The molecule has 0 bridgehead atoms. The highest BCUT2D eigenvalue weighted by Gasteiger charge is 2.29. The van der Waals surface area contributed by atoms with Crippen LogP contribution in [0.3, 0.4) is 0 Å². The molecule has 2 aliphatic heterocycles. The molecular formula is C27H25ClFN5O. The Morgan fingerprint density at radius 1 is 1.26 bits per heavy atom. The summed E-state index contributed by atoms with van der Waals surface area (Å²) >= 11 is 6.37. The zero-order chi connectivity index (χ0) is 24.2. The normalized spacial score (nSPS) is 19.8. The summed E-state index contributed by atoms with van der Waals surface area (Å²) in [6, 6.07) is 11.0. The third-order valence-corrected chi connectivity index (χ3v) is 6.87. The molecule has 1 aromatic carbocycles. The summed E-state index contributed by atoms with van der Waals surface area (Å²) in [7, 11) is 0. The minimum absolute atomic E-state index is 0.0508. The van der Waals surface area contributed by atoms with Crippen molar-refractivity contribution >= 4 is 29.7 Å². The summed E-state index contributed by atoms with van der Waals surface area (Å²) in [5.41, 5.74) is 3.32. The molecule has 2 aromatic rings. The van der Waals surface area contributed by atoms with Crippen molar-refractivity contribution in [1.29, 1.82) is 0 Å². The van der Waals surface area contributed by atoms with Crippen molar-refractivity contribution in [1.82, 2.24) is 14.7 Å². The molecule has 1 saturated heterocycles. The topological polar surface area (TPSA) is 62.9 Å². The molecule has 1 fully saturated rings. The van der Waals surface area contributed by atoms with Gasteiger partial charge in [-0.2, -0.15) is 10.1 Å². The Kier molecular flexibility index (Phi) is 6.91. The molecule has 3 heterocycles. The van der Waals surface area contributed by atoms with Crippen LogP contribution in [-0.2, 0) is 4.79 Å². The van der Waals surface area contributed by atoms with Gasteiger partial charge in [-0.1, -0.05) is 29.7 Å². The van der Waals surface area contributed by atoms with E-state index in [-0.39, 0.29) is 17.6 Å². The van der Waals surface area contributed by atoms with E-state index in [1.54, 1.807) is 23.0 Å². The quantitative estimate of drug-likeness (QED) is 0.549. The largest absolute Gasteiger partial charge is 0.342 e. The minimum Gasteiger partial charge on any atom is -0.342 e. The Morgan fingerprint density at radius 2 is 2.11 bits per heavy atom. The van der Waals surface area contributed by atoms with Gasteiger partial charge < -0.3 is 4.90 Å². The van der Waals surface area contributed by atoms with Crippen molar-refractivity contribution in [3.05, 3.63) is 64.6 Å². The van der Waals surface area contributed by atoms with Crippen LogP contribution in [0.25, 0.3) is 11.3 Å². The van der Waals surface area contributed by atoms with Crippen LogP contribution in [0.5, 0.6) is 0 Å². The van der Waals surface area contributed by atoms with Crippen LogP contribution in [0.2, 0.25) is 0 Å². The summed E-state index contributed by atoms with van der Waals surface area (Å²) in [6.45, 7) is 1.29. The number of nitrogens with zero attached hydrogens (tertiary/aromatic N) is 5. The highest BCUT2D eigenvalue weighted by atomic mass is 35.5. The molecule has 1 unspecified atom stereocenters. The van der Waals surface area contributed by atoms with Crippen LogP contribution < -0.4 is 0 Å². The number of hydrogen-bond donors (Lipinski definition) is 0. The van der Waals surface area contributed by atoms with E-state index in [1.165, 1.54) is 12.1 Å². The smallest absolute Gasteiger partial charge is 0.259 e.